The zero-order chi connectivity index (χ0) is 19.5. The van der Waals surface area contributed by atoms with Crippen molar-refractivity contribution < 1.29 is 23.8 Å². The molecule has 4 aromatic rings. The van der Waals surface area contributed by atoms with Gasteiger partial charge in [-0.05, 0) is 29.8 Å². The highest BCUT2D eigenvalue weighted by atomic mass is 16.5. The Kier molecular flexibility index (Phi) is 4.68. The molecule has 0 radical (unpaired) electrons. The van der Waals surface area contributed by atoms with Gasteiger partial charge in [0.05, 0.1) is 13.4 Å². The Hall–Kier alpha value is -3.80. The maximum absolute atomic E-state index is 11.9. The number of hydrogen-bond donors (Lipinski definition) is 1. The summed E-state index contributed by atoms with van der Waals surface area (Å²) in [5.74, 6) is 0.321. The molecule has 0 atom stereocenters. The first-order chi connectivity index (χ1) is 13.7. The van der Waals surface area contributed by atoms with Crippen LogP contribution in [0.15, 0.2) is 71.3 Å². The van der Waals surface area contributed by atoms with Gasteiger partial charge in [-0.15, -0.1) is 0 Å². The summed E-state index contributed by atoms with van der Waals surface area (Å²) in [5.41, 5.74) is 2.07. The van der Waals surface area contributed by atoms with Crippen LogP contribution in [0.25, 0.3) is 22.2 Å². The number of rotatable bonds is 5. The van der Waals surface area contributed by atoms with Crippen molar-refractivity contribution >= 4 is 16.9 Å². The van der Waals surface area contributed by atoms with Crippen LogP contribution < -0.4 is 4.74 Å². The van der Waals surface area contributed by atoms with E-state index in [9.17, 15) is 9.90 Å². The number of aromatic hydroxyl groups is 1. The van der Waals surface area contributed by atoms with Gasteiger partial charge in [0.25, 0.3) is 0 Å². The van der Waals surface area contributed by atoms with Crippen molar-refractivity contribution in [3.63, 3.8) is 0 Å². The van der Waals surface area contributed by atoms with Gasteiger partial charge in [-0.1, -0.05) is 30.3 Å². The van der Waals surface area contributed by atoms with E-state index < -0.39 is 5.97 Å². The molecule has 1 N–H and O–H groups in total. The van der Waals surface area contributed by atoms with E-state index in [4.69, 9.17) is 13.9 Å². The molecule has 0 fully saturated rings. The first-order valence-corrected chi connectivity index (χ1v) is 8.62. The summed E-state index contributed by atoms with van der Waals surface area (Å²) in [6, 6.07) is 18.1. The third kappa shape index (κ3) is 3.40. The van der Waals surface area contributed by atoms with E-state index in [1.807, 2.05) is 36.4 Å². The second-order valence-corrected chi connectivity index (χ2v) is 6.14. The van der Waals surface area contributed by atoms with Crippen molar-refractivity contribution in [2.24, 2.45) is 0 Å². The lowest BCUT2D eigenvalue weighted by Gasteiger charge is -2.13. The van der Waals surface area contributed by atoms with Gasteiger partial charge in [-0.25, -0.2) is 9.78 Å². The number of esters is 1. The van der Waals surface area contributed by atoms with E-state index in [1.165, 1.54) is 13.2 Å². The van der Waals surface area contributed by atoms with Gasteiger partial charge < -0.3 is 19.0 Å². The topological polar surface area (TPSA) is 81.8 Å². The first-order valence-electron chi connectivity index (χ1n) is 8.62. The molecule has 0 amide bonds. The lowest BCUT2D eigenvalue weighted by atomic mass is 10.1. The molecular weight excluding hydrogens is 358 g/mol. The number of methoxy groups -OCH3 is 1. The number of ether oxygens (including phenoxy) is 2. The fourth-order valence-electron chi connectivity index (χ4n) is 2.92. The monoisotopic (exact) mass is 375 g/mol. The molecule has 0 aliphatic rings. The van der Waals surface area contributed by atoms with Crippen molar-refractivity contribution in [3.05, 3.63) is 78.2 Å². The van der Waals surface area contributed by atoms with Crippen molar-refractivity contribution in [1.82, 2.24) is 4.98 Å². The van der Waals surface area contributed by atoms with Crippen LogP contribution >= 0.6 is 0 Å². The van der Waals surface area contributed by atoms with Crippen LogP contribution in [0.5, 0.6) is 11.5 Å². The predicted molar refractivity (Wildman–Crippen MR) is 103 cm³/mol. The average molecular weight is 375 g/mol. The van der Waals surface area contributed by atoms with E-state index in [1.54, 1.807) is 24.5 Å². The molecule has 2 heterocycles. The zero-order valence-corrected chi connectivity index (χ0v) is 15.1. The fraction of sp³-hybridized carbons (Fsp3) is 0.0909. The van der Waals surface area contributed by atoms with Gasteiger partial charge in [0, 0.05) is 17.0 Å². The molecule has 2 aromatic carbocycles. The molecule has 28 heavy (non-hydrogen) atoms. The summed E-state index contributed by atoms with van der Waals surface area (Å²) in [7, 11) is 1.26. The highest BCUT2D eigenvalue weighted by Gasteiger charge is 2.17. The third-order valence-electron chi connectivity index (χ3n) is 4.29. The van der Waals surface area contributed by atoms with Crippen LogP contribution in [0.1, 0.15) is 16.1 Å². The van der Waals surface area contributed by atoms with Gasteiger partial charge in [0.15, 0.2) is 5.69 Å². The summed E-state index contributed by atoms with van der Waals surface area (Å²) in [6.45, 7) is 0.308. The minimum absolute atomic E-state index is 0.00260. The Morgan fingerprint density at radius 2 is 1.93 bits per heavy atom. The fourth-order valence-corrected chi connectivity index (χ4v) is 2.92. The molecule has 4 rings (SSSR count). The van der Waals surface area contributed by atoms with Gasteiger partial charge in [0.2, 0.25) is 0 Å². The molecule has 6 nitrogen and oxygen atoms in total. The Labute approximate surface area is 161 Å². The van der Waals surface area contributed by atoms with Gasteiger partial charge in [-0.2, -0.15) is 0 Å². The van der Waals surface area contributed by atoms with Crippen molar-refractivity contribution in [1.29, 1.82) is 0 Å². The molecule has 0 bridgehead atoms. The van der Waals surface area contributed by atoms with Gasteiger partial charge >= 0.3 is 5.97 Å². The van der Waals surface area contributed by atoms with Gasteiger partial charge in [0.1, 0.15) is 29.4 Å². The summed E-state index contributed by atoms with van der Waals surface area (Å²) in [4.78, 5) is 16.3. The number of hydrogen-bond acceptors (Lipinski definition) is 6. The summed E-state index contributed by atoms with van der Waals surface area (Å²) >= 11 is 0. The number of carbonyl (C=O) groups is 1. The maximum atomic E-state index is 11.9. The van der Waals surface area contributed by atoms with Crippen molar-refractivity contribution in [3.8, 4) is 22.8 Å². The number of pyridine rings is 1. The van der Waals surface area contributed by atoms with Crippen LogP contribution in [0, 0.1) is 0 Å². The number of benzene rings is 2. The van der Waals surface area contributed by atoms with E-state index in [-0.39, 0.29) is 11.4 Å². The molecule has 0 aliphatic carbocycles. The van der Waals surface area contributed by atoms with E-state index in [0.717, 1.165) is 11.1 Å². The SMILES string of the molecule is COC(=O)c1cc(O)c2cc(-c3ccco3)cc(OCc3ccccc3)c2n1. The summed E-state index contributed by atoms with van der Waals surface area (Å²) in [5, 5.41) is 10.9. The first kappa shape index (κ1) is 17.6. The molecule has 0 unspecified atom stereocenters. The van der Waals surface area contributed by atoms with Crippen LogP contribution in [0.3, 0.4) is 0 Å². The Bertz CT molecular complexity index is 1120. The second-order valence-electron chi connectivity index (χ2n) is 6.14. The molecule has 140 valence electrons. The summed E-state index contributed by atoms with van der Waals surface area (Å²) in [6.07, 6.45) is 1.57. The second kappa shape index (κ2) is 7.44. The van der Waals surface area contributed by atoms with E-state index >= 15 is 0 Å². The number of carbonyl (C=O) groups excluding carboxylic acids is 1. The van der Waals surface area contributed by atoms with Crippen LogP contribution in [0.4, 0.5) is 0 Å². The lowest BCUT2D eigenvalue weighted by molar-refractivity contribution is 0.0594. The zero-order valence-electron chi connectivity index (χ0n) is 15.1. The van der Waals surface area contributed by atoms with Crippen molar-refractivity contribution in [2.45, 2.75) is 6.61 Å². The lowest BCUT2D eigenvalue weighted by Crippen LogP contribution is -2.05. The standard InChI is InChI=1S/C22H17NO5/c1-26-22(25)17-12-18(24)16-10-15(19-8-5-9-27-19)11-20(21(16)23-17)28-13-14-6-3-2-4-7-14/h2-12H,13H2,1H3,(H,23,24). The van der Waals surface area contributed by atoms with Crippen LogP contribution in [-0.2, 0) is 11.3 Å². The normalized spacial score (nSPS) is 10.8. The average Bonchev–Trinajstić information content (AvgIpc) is 3.27. The van der Waals surface area contributed by atoms with Crippen LogP contribution in [-0.4, -0.2) is 23.2 Å². The number of furan rings is 1. The molecule has 0 aliphatic heterocycles. The quantitative estimate of drug-likeness (QED) is 0.515. The number of aromatic nitrogens is 1. The third-order valence-corrected chi connectivity index (χ3v) is 4.29. The number of fused-ring (bicyclic) bond motifs is 1. The van der Waals surface area contributed by atoms with Gasteiger partial charge in [-0.3, -0.25) is 0 Å². The largest absolute Gasteiger partial charge is 0.507 e. The molecule has 2 aromatic heterocycles. The Morgan fingerprint density at radius 1 is 1.11 bits per heavy atom. The minimum atomic E-state index is -0.638. The molecule has 0 spiro atoms. The maximum Gasteiger partial charge on any atom is 0.356 e. The molecular formula is C22H17NO5. The van der Waals surface area contributed by atoms with Crippen molar-refractivity contribution in [2.75, 3.05) is 7.11 Å². The van der Waals surface area contributed by atoms with E-state index in [0.29, 0.717) is 29.0 Å². The molecule has 0 saturated carbocycles. The predicted octanol–water partition coefficient (Wildman–Crippen LogP) is 4.57. The minimum Gasteiger partial charge on any atom is -0.507 e. The Morgan fingerprint density at radius 3 is 2.64 bits per heavy atom. The smallest absolute Gasteiger partial charge is 0.356 e. The molecule has 0 saturated heterocycles. The van der Waals surface area contributed by atoms with E-state index in [2.05, 4.69) is 4.98 Å². The Balaban J connectivity index is 1.85. The highest BCUT2D eigenvalue weighted by Crippen LogP contribution is 2.36. The highest BCUT2D eigenvalue weighted by molar-refractivity contribution is 5.98. The molecule has 6 heteroatoms. The summed E-state index contributed by atoms with van der Waals surface area (Å²) < 4.78 is 16.2. The number of nitrogens with zero attached hydrogens (tertiary/aromatic N) is 1. The van der Waals surface area contributed by atoms with Crippen LogP contribution in [0.2, 0.25) is 0 Å².